The molecule has 0 radical (unpaired) electrons. The fourth-order valence-corrected chi connectivity index (χ4v) is 3.21. The second-order valence-corrected chi connectivity index (χ2v) is 6.67. The molecule has 2 heteroatoms. The minimum Gasteiger partial charge on any atom is -0.335 e. The summed E-state index contributed by atoms with van der Waals surface area (Å²) in [5.74, 6) is 0. The van der Waals surface area contributed by atoms with Crippen molar-refractivity contribution in [3.63, 3.8) is 0 Å². The SMILES string of the molecule is C[NH+](C)CC[NH+](C)Cc1ccc2c(c1)Cc1ccccc1-2. The molecule has 0 saturated carbocycles. The number of quaternary nitrogens is 2. The summed E-state index contributed by atoms with van der Waals surface area (Å²) in [6.45, 7) is 3.57. The van der Waals surface area contributed by atoms with Gasteiger partial charge in [0.15, 0.2) is 0 Å². The van der Waals surface area contributed by atoms with Crippen LogP contribution in [-0.4, -0.2) is 34.2 Å². The molecule has 1 unspecified atom stereocenters. The topological polar surface area (TPSA) is 8.88 Å². The number of benzene rings is 2. The standard InChI is InChI=1S/C19H24N2/c1-20(2)10-11-21(3)14-15-8-9-19-17(12-15)13-16-6-4-5-7-18(16)19/h4-9,12H,10-11,13-14H2,1-3H3/p+2. The summed E-state index contributed by atoms with van der Waals surface area (Å²) in [5, 5.41) is 0. The van der Waals surface area contributed by atoms with E-state index in [0.717, 1.165) is 13.0 Å². The van der Waals surface area contributed by atoms with Gasteiger partial charge in [0.25, 0.3) is 0 Å². The first-order chi connectivity index (χ1) is 10.1. The van der Waals surface area contributed by atoms with Gasteiger partial charge in [-0.25, -0.2) is 0 Å². The van der Waals surface area contributed by atoms with Crippen LogP contribution in [-0.2, 0) is 13.0 Å². The van der Waals surface area contributed by atoms with Gasteiger partial charge in [0.1, 0.15) is 19.6 Å². The zero-order valence-corrected chi connectivity index (χ0v) is 13.4. The van der Waals surface area contributed by atoms with Gasteiger partial charge in [-0.2, -0.15) is 0 Å². The van der Waals surface area contributed by atoms with Crippen LogP contribution < -0.4 is 9.80 Å². The zero-order valence-electron chi connectivity index (χ0n) is 13.4. The summed E-state index contributed by atoms with van der Waals surface area (Å²) in [5.41, 5.74) is 7.30. The number of rotatable bonds is 5. The van der Waals surface area contributed by atoms with Gasteiger partial charge < -0.3 is 9.80 Å². The summed E-state index contributed by atoms with van der Waals surface area (Å²) in [7, 11) is 6.74. The lowest BCUT2D eigenvalue weighted by Crippen LogP contribution is -3.15. The van der Waals surface area contributed by atoms with E-state index < -0.39 is 0 Å². The van der Waals surface area contributed by atoms with E-state index in [-0.39, 0.29) is 0 Å². The van der Waals surface area contributed by atoms with Crippen LogP contribution in [0.1, 0.15) is 16.7 Å². The Morgan fingerprint density at radius 3 is 2.43 bits per heavy atom. The maximum atomic E-state index is 2.42. The average Bonchev–Trinajstić information content (AvgIpc) is 2.82. The normalized spacial score (nSPS) is 14.1. The highest BCUT2D eigenvalue weighted by atomic mass is 15.1. The number of fused-ring (bicyclic) bond motifs is 3. The average molecular weight is 282 g/mol. The predicted octanol–water partition coefficient (Wildman–Crippen LogP) is 0.417. The van der Waals surface area contributed by atoms with E-state index in [0.29, 0.717) is 0 Å². The van der Waals surface area contributed by atoms with Gasteiger partial charge in [-0.05, 0) is 34.7 Å². The molecule has 0 spiro atoms. The Bertz CT molecular complexity index is 631. The van der Waals surface area contributed by atoms with Crippen molar-refractivity contribution < 1.29 is 9.80 Å². The summed E-state index contributed by atoms with van der Waals surface area (Å²) >= 11 is 0. The molecule has 0 bridgehead atoms. The van der Waals surface area contributed by atoms with Crippen molar-refractivity contribution in [2.24, 2.45) is 0 Å². The molecule has 0 aromatic heterocycles. The van der Waals surface area contributed by atoms with Crippen molar-refractivity contribution in [1.82, 2.24) is 0 Å². The van der Waals surface area contributed by atoms with Gasteiger partial charge in [0, 0.05) is 5.56 Å². The largest absolute Gasteiger partial charge is 0.335 e. The molecule has 0 saturated heterocycles. The molecule has 1 aliphatic rings. The molecule has 0 fully saturated rings. The Hall–Kier alpha value is -1.64. The quantitative estimate of drug-likeness (QED) is 0.671. The van der Waals surface area contributed by atoms with Crippen LogP contribution in [0, 0.1) is 0 Å². The Morgan fingerprint density at radius 2 is 1.62 bits per heavy atom. The van der Waals surface area contributed by atoms with Gasteiger partial charge in [0.2, 0.25) is 0 Å². The first kappa shape index (κ1) is 14.3. The number of hydrogen-bond acceptors (Lipinski definition) is 0. The van der Waals surface area contributed by atoms with Gasteiger partial charge in [-0.3, -0.25) is 0 Å². The molecule has 2 N–H and O–H groups in total. The molecule has 2 aromatic rings. The minimum absolute atomic E-state index is 1.10. The maximum absolute atomic E-state index is 2.42. The van der Waals surface area contributed by atoms with Gasteiger partial charge >= 0.3 is 0 Å². The van der Waals surface area contributed by atoms with E-state index in [2.05, 4.69) is 63.6 Å². The first-order valence-electron chi connectivity index (χ1n) is 7.94. The molecule has 1 aliphatic carbocycles. The highest BCUT2D eigenvalue weighted by Gasteiger charge is 2.18. The lowest BCUT2D eigenvalue weighted by atomic mass is 10.0. The van der Waals surface area contributed by atoms with Crippen LogP contribution in [0.5, 0.6) is 0 Å². The van der Waals surface area contributed by atoms with Crippen molar-refractivity contribution in [3.05, 3.63) is 59.2 Å². The maximum Gasteiger partial charge on any atom is 0.127 e. The van der Waals surface area contributed by atoms with Crippen LogP contribution in [0.15, 0.2) is 42.5 Å². The van der Waals surface area contributed by atoms with Crippen LogP contribution >= 0.6 is 0 Å². The second-order valence-electron chi connectivity index (χ2n) is 6.67. The smallest absolute Gasteiger partial charge is 0.127 e. The molecule has 2 aromatic carbocycles. The lowest BCUT2D eigenvalue weighted by Gasteiger charge is -2.16. The fraction of sp³-hybridized carbons (Fsp3) is 0.368. The molecule has 0 aliphatic heterocycles. The van der Waals surface area contributed by atoms with E-state index in [1.807, 2.05) is 0 Å². The van der Waals surface area contributed by atoms with Gasteiger partial charge in [0.05, 0.1) is 21.1 Å². The molecule has 3 rings (SSSR count). The second kappa shape index (κ2) is 6.00. The third-order valence-electron chi connectivity index (χ3n) is 4.42. The van der Waals surface area contributed by atoms with Crippen molar-refractivity contribution in [2.45, 2.75) is 13.0 Å². The number of likely N-dealkylation sites (N-methyl/N-ethyl adjacent to an activating group) is 2. The molecule has 1 atom stereocenters. The van der Waals surface area contributed by atoms with E-state index >= 15 is 0 Å². The summed E-state index contributed by atoms with van der Waals surface area (Å²) in [4.78, 5) is 3.12. The Labute approximate surface area is 128 Å². The molecule has 0 amide bonds. The highest BCUT2D eigenvalue weighted by Crippen LogP contribution is 2.36. The lowest BCUT2D eigenvalue weighted by molar-refractivity contribution is -0.937. The van der Waals surface area contributed by atoms with E-state index in [1.165, 1.54) is 45.8 Å². The van der Waals surface area contributed by atoms with E-state index in [4.69, 9.17) is 0 Å². The van der Waals surface area contributed by atoms with Crippen molar-refractivity contribution >= 4 is 0 Å². The molecular formula is C19H26N2+2. The molecule has 0 heterocycles. The molecule has 2 nitrogen and oxygen atoms in total. The number of hydrogen-bond donors (Lipinski definition) is 2. The monoisotopic (exact) mass is 282 g/mol. The Balaban J connectivity index is 1.72. The summed E-state index contributed by atoms with van der Waals surface area (Å²) in [6.07, 6.45) is 1.10. The van der Waals surface area contributed by atoms with Crippen LogP contribution in [0.4, 0.5) is 0 Å². The van der Waals surface area contributed by atoms with Crippen molar-refractivity contribution in [2.75, 3.05) is 34.2 Å². The molecular weight excluding hydrogens is 256 g/mol. The van der Waals surface area contributed by atoms with E-state index in [1.54, 1.807) is 4.90 Å². The van der Waals surface area contributed by atoms with Gasteiger partial charge in [-0.1, -0.05) is 36.4 Å². The van der Waals surface area contributed by atoms with Crippen LogP contribution in [0.2, 0.25) is 0 Å². The van der Waals surface area contributed by atoms with Gasteiger partial charge in [-0.15, -0.1) is 0 Å². The Morgan fingerprint density at radius 1 is 0.857 bits per heavy atom. The third kappa shape index (κ3) is 3.17. The predicted molar refractivity (Wildman–Crippen MR) is 87.8 cm³/mol. The van der Waals surface area contributed by atoms with Crippen LogP contribution in [0.3, 0.4) is 0 Å². The highest BCUT2D eigenvalue weighted by molar-refractivity contribution is 5.76. The first-order valence-corrected chi connectivity index (χ1v) is 7.94. The van der Waals surface area contributed by atoms with Crippen molar-refractivity contribution in [3.8, 4) is 11.1 Å². The molecule has 21 heavy (non-hydrogen) atoms. The summed E-state index contributed by atoms with van der Waals surface area (Å²) in [6, 6.07) is 15.8. The Kier molecular flexibility index (Phi) is 4.09. The third-order valence-corrected chi connectivity index (χ3v) is 4.42. The van der Waals surface area contributed by atoms with E-state index in [9.17, 15) is 0 Å². The minimum atomic E-state index is 1.10. The summed E-state index contributed by atoms with van der Waals surface area (Å²) < 4.78 is 0. The molecule has 110 valence electrons. The fourth-order valence-electron chi connectivity index (χ4n) is 3.21. The zero-order chi connectivity index (χ0) is 14.8. The van der Waals surface area contributed by atoms with Crippen LogP contribution in [0.25, 0.3) is 11.1 Å². The van der Waals surface area contributed by atoms with Crippen molar-refractivity contribution in [1.29, 1.82) is 0 Å². The number of nitrogens with one attached hydrogen (secondary N) is 2.